The maximum atomic E-state index is 11.5. The Bertz CT molecular complexity index is 597. The van der Waals surface area contributed by atoms with Gasteiger partial charge in [-0.15, -0.1) is 0 Å². The Morgan fingerprint density at radius 1 is 0.905 bits per heavy atom. The van der Waals surface area contributed by atoms with Crippen LogP contribution in [0.2, 0.25) is 5.25 Å². The van der Waals surface area contributed by atoms with Crippen molar-refractivity contribution in [1.82, 2.24) is 0 Å². The van der Waals surface area contributed by atoms with Crippen molar-refractivity contribution in [1.29, 1.82) is 0 Å². The number of furan rings is 3. The van der Waals surface area contributed by atoms with Gasteiger partial charge in [0.15, 0.2) is 0 Å². The second-order valence-electron chi connectivity index (χ2n) is 5.04. The first kappa shape index (κ1) is 14.0. The van der Waals surface area contributed by atoms with Gasteiger partial charge in [0.05, 0.1) is 0 Å². The van der Waals surface area contributed by atoms with Crippen molar-refractivity contribution in [3.8, 4) is 0 Å². The Hall–Kier alpha value is -1.95. The summed E-state index contributed by atoms with van der Waals surface area (Å²) in [5, 5.41) is 0.712. The van der Waals surface area contributed by atoms with Crippen molar-refractivity contribution in [2.75, 3.05) is 0 Å². The molecule has 0 atom stereocenters. The van der Waals surface area contributed by atoms with Crippen molar-refractivity contribution in [3.63, 3.8) is 0 Å². The number of Topliss-reactive ketones (excluding diaryl/α,β-unsaturated/α-hetero) is 1. The average Bonchev–Trinajstić information content (AvgIpc) is 3.24. The first-order valence-corrected chi connectivity index (χ1v) is 11.5. The van der Waals surface area contributed by atoms with Crippen LogP contribution in [0.15, 0.2) is 68.4 Å². The summed E-state index contributed by atoms with van der Waals surface area (Å²) in [6, 6.07) is 11.5. The molecule has 0 bridgehead atoms. The summed E-state index contributed by atoms with van der Waals surface area (Å²) in [4.78, 5) is 11.5. The molecule has 5 heteroatoms. The van der Waals surface area contributed by atoms with Crippen LogP contribution < -0.4 is 13.8 Å². The summed E-state index contributed by atoms with van der Waals surface area (Å²) in [5.74, 6) is 0.162. The molecule has 3 aromatic heterocycles. The van der Waals surface area contributed by atoms with Crippen LogP contribution in [0, 0.1) is 0 Å². The molecule has 0 aliphatic rings. The molecule has 0 spiro atoms. The van der Waals surface area contributed by atoms with Gasteiger partial charge in [0.2, 0.25) is 0 Å². The van der Waals surface area contributed by atoms with Gasteiger partial charge in [0, 0.05) is 0 Å². The minimum absolute atomic E-state index is 0.162. The van der Waals surface area contributed by atoms with Crippen LogP contribution in [0.25, 0.3) is 0 Å². The Morgan fingerprint density at radius 2 is 1.33 bits per heavy atom. The van der Waals surface area contributed by atoms with Crippen LogP contribution in [0.4, 0.5) is 0 Å². The van der Waals surface area contributed by atoms with E-state index < -0.39 is 13.3 Å². The molecule has 0 fully saturated rings. The van der Waals surface area contributed by atoms with Gasteiger partial charge in [-0.3, -0.25) is 0 Å². The van der Waals surface area contributed by atoms with E-state index in [0.717, 1.165) is 13.8 Å². The van der Waals surface area contributed by atoms with Crippen molar-refractivity contribution < 1.29 is 18.0 Å². The van der Waals surface area contributed by atoms with E-state index in [1.54, 1.807) is 25.7 Å². The quantitative estimate of drug-likeness (QED) is 0.641. The number of rotatable bonds is 6. The minimum atomic E-state index is -3.19. The molecule has 21 heavy (non-hydrogen) atoms. The van der Waals surface area contributed by atoms with Gasteiger partial charge in [0.25, 0.3) is 0 Å². The molecular formula is C16H16GeO4. The van der Waals surface area contributed by atoms with E-state index in [1.165, 1.54) is 0 Å². The van der Waals surface area contributed by atoms with Crippen LogP contribution in [0.3, 0.4) is 0 Å². The third-order valence-corrected chi connectivity index (χ3v) is 12.9. The summed E-state index contributed by atoms with van der Waals surface area (Å²) >= 11 is -3.19. The number of hydrogen-bond acceptors (Lipinski definition) is 4. The van der Waals surface area contributed by atoms with Crippen molar-refractivity contribution in [3.05, 3.63) is 55.2 Å². The van der Waals surface area contributed by atoms with E-state index in [-0.39, 0.29) is 5.78 Å². The molecule has 0 aromatic carbocycles. The van der Waals surface area contributed by atoms with Crippen molar-refractivity contribution >= 4 is 32.8 Å². The molecule has 4 nitrogen and oxygen atoms in total. The monoisotopic (exact) mass is 346 g/mol. The standard InChI is InChI=1S/C16H16GeO4/c1-13(18)8-9-17(14-5-2-10-19-14,15-6-3-11-20-15)16-7-4-12-21-16/h2-7,10-12H,8-9H2,1H3. The molecule has 3 rings (SSSR count). The third kappa shape index (κ3) is 2.51. The molecule has 0 aliphatic carbocycles. The summed E-state index contributed by atoms with van der Waals surface area (Å²) in [6.45, 7) is 1.61. The Balaban J connectivity index is 2.18. The molecule has 0 amide bonds. The summed E-state index contributed by atoms with van der Waals surface area (Å²) in [7, 11) is 0. The van der Waals surface area contributed by atoms with Crippen molar-refractivity contribution in [2.24, 2.45) is 0 Å². The SMILES string of the molecule is CC(=O)C[CH2][Ge]([c]1ccco1)([c]1ccco1)[c]1ccco1. The predicted octanol–water partition coefficient (Wildman–Crippen LogP) is 1.91. The van der Waals surface area contributed by atoms with E-state index in [9.17, 15) is 4.79 Å². The van der Waals surface area contributed by atoms with Crippen LogP contribution in [-0.2, 0) is 4.79 Å². The third-order valence-electron chi connectivity index (χ3n) is 3.68. The van der Waals surface area contributed by atoms with E-state index >= 15 is 0 Å². The molecular weight excluding hydrogens is 329 g/mol. The first-order valence-electron chi connectivity index (χ1n) is 6.85. The summed E-state index contributed by atoms with van der Waals surface area (Å²) in [6.07, 6.45) is 5.47. The fourth-order valence-electron chi connectivity index (χ4n) is 2.66. The Kier molecular flexibility index (Phi) is 3.88. The van der Waals surface area contributed by atoms with E-state index in [2.05, 4.69) is 0 Å². The first-order chi connectivity index (χ1) is 10.2. The number of hydrogen-bond donors (Lipinski definition) is 0. The van der Waals surface area contributed by atoms with Gasteiger partial charge >= 0.3 is 125 Å². The molecule has 0 aliphatic heterocycles. The number of carbonyl (C=O) groups is 1. The van der Waals surface area contributed by atoms with Gasteiger partial charge < -0.3 is 0 Å². The number of ketones is 1. The Morgan fingerprint density at radius 3 is 1.62 bits per heavy atom. The summed E-state index contributed by atoms with van der Waals surface area (Å²) in [5.41, 5.74) is 0. The average molecular weight is 345 g/mol. The van der Waals surface area contributed by atoms with Gasteiger partial charge in [0.1, 0.15) is 0 Å². The second kappa shape index (κ2) is 5.81. The van der Waals surface area contributed by atoms with Gasteiger partial charge in [-0.2, -0.15) is 0 Å². The zero-order valence-corrected chi connectivity index (χ0v) is 13.8. The maximum absolute atomic E-state index is 11.5. The van der Waals surface area contributed by atoms with Gasteiger partial charge in [-0.25, -0.2) is 0 Å². The topological polar surface area (TPSA) is 56.5 Å². The molecule has 3 aromatic rings. The molecule has 0 unspecified atom stereocenters. The molecule has 0 saturated carbocycles. The number of carbonyl (C=O) groups excluding carboxylic acids is 1. The zero-order chi connectivity index (χ0) is 14.7. The van der Waals surface area contributed by atoms with E-state index in [1.807, 2.05) is 36.4 Å². The molecule has 108 valence electrons. The molecule has 0 saturated heterocycles. The van der Waals surface area contributed by atoms with Gasteiger partial charge in [-0.05, 0) is 0 Å². The van der Waals surface area contributed by atoms with E-state index in [4.69, 9.17) is 13.3 Å². The molecule has 0 radical (unpaired) electrons. The molecule has 0 N–H and O–H groups in total. The fraction of sp³-hybridized carbons (Fsp3) is 0.188. The second-order valence-corrected chi connectivity index (χ2v) is 13.0. The van der Waals surface area contributed by atoms with Crippen LogP contribution in [0.5, 0.6) is 0 Å². The molecule has 3 heterocycles. The normalized spacial score (nSPS) is 11.7. The van der Waals surface area contributed by atoms with Crippen LogP contribution in [0.1, 0.15) is 13.3 Å². The predicted molar refractivity (Wildman–Crippen MR) is 80.9 cm³/mol. The Labute approximate surface area is 125 Å². The summed E-state index contributed by atoms with van der Waals surface area (Å²) < 4.78 is 19.9. The fourth-order valence-corrected chi connectivity index (χ4v) is 11.4. The zero-order valence-electron chi connectivity index (χ0n) is 11.7. The van der Waals surface area contributed by atoms with Crippen molar-refractivity contribution in [2.45, 2.75) is 18.6 Å². The van der Waals surface area contributed by atoms with Gasteiger partial charge in [-0.1, -0.05) is 0 Å². The van der Waals surface area contributed by atoms with Crippen LogP contribution >= 0.6 is 0 Å². The van der Waals surface area contributed by atoms with Crippen LogP contribution in [-0.4, -0.2) is 19.0 Å². The van der Waals surface area contributed by atoms with E-state index in [0.29, 0.717) is 11.7 Å².